The SMILES string of the molecule is Cn1nc(C2CC2)cc1NC(=O)c1cc(=O)[nH]n1C. The molecule has 1 fully saturated rings. The summed E-state index contributed by atoms with van der Waals surface area (Å²) < 4.78 is 3.05. The number of carbonyl (C=O) groups is 1. The van der Waals surface area contributed by atoms with Gasteiger partial charge in [-0.15, -0.1) is 0 Å². The van der Waals surface area contributed by atoms with Crippen molar-refractivity contribution in [2.24, 2.45) is 14.1 Å². The Hall–Kier alpha value is -2.31. The number of rotatable bonds is 3. The third-order valence-corrected chi connectivity index (χ3v) is 3.28. The largest absolute Gasteiger partial charge is 0.305 e. The molecule has 2 aromatic rings. The van der Waals surface area contributed by atoms with Crippen LogP contribution in [-0.4, -0.2) is 25.5 Å². The van der Waals surface area contributed by atoms with Crippen molar-refractivity contribution < 1.29 is 4.79 Å². The Morgan fingerprint density at radius 3 is 2.74 bits per heavy atom. The number of hydrogen-bond donors (Lipinski definition) is 2. The van der Waals surface area contributed by atoms with Crippen LogP contribution in [0, 0.1) is 0 Å². The second-order valence-electron chi connectivity index (χ2n) is 4.87. The highest BCUT2D eigenvalue weighted by Crippen LogP contribution is 2.39. The minimum absolute atomic E-state index is 0.291. The van der Waals surface area contributed by atoms with E-state index in [2.05, 4.69) is 15.5 Å². The van der Waals surface area contributed by atoms with Crippen molar-refractivity contribution in [3.63, 3.8) is 0 Å². The van der Waals surface area contributed by atoms with Crippen LogP contribution < -0.4 is 10.9 Å². The van der Waals surface area contributed by atoms with Gasteiger partial charge in [-0.3, -0.25) is 24.1 Å². The molecular weight excluding hydrogens is 246 g/mol. The number of aromatic nitrogens is 4. The van der Waals surface area contributed by atoms with Crippen LogP contribution in [0.2, 0.25) is 0 Å². The molecule has 2 heterocycles. The minimum atomic E-state index is -0.328. The maximum absolute atomic E-state index is 12.1. The van der Waals surface area contributed by atoms with Gasteiger partial charge in [0.1, 0.15) is 11.5 Å². The van der Waals surface area contributed by atoms with E-state index in [1.807, 2.05) is 6.07 Å². The molecule has 1 amide bonds. The smallest absolute Gasteiger partial charge is 0.275 e. The number of amides is 1. The van der Waals surface area contributed by atoms with E-state index in [0.717, 1.165) is 18.5 Å². The molecule has 0 unspecified atom stereocenters. The van der Waals surface area contributed by atoms with E-state index >= 15 is 0 Å². The Kier molecular flexibility index (Phi) is 2.55. The highest BCUT2D eigenvalue weighted by atomic mass is 16.2. The molecule has 2 aromatic heterocycles. The summed E-state index contributed by atoms with van der Waals surface area (Å²) in [6, 6.07) is 3.16. The Bertz CT molecular complexity index is 689. The highest BCUT2D eigenvalue weighted by molar-refractivity contribution is 6.02. The third-order valence-electron chi connectivity index (χ3n) is 3.28. The molecular formula is C12H15N5O2. The Morgan fingerprint density at radius 1 is 1.42 bits per heavy atom. The van der Waals surface area contributed by atoms with Gasteiger partial charge < -0.3 is 5.32 Å². The fourth-order valence-corrected chi connectivity index (χ4v) is 2.06. The molecule has 3 rings (SSSR count). The van der Waals surface area contributed by atoms with Crippen molar-refractivity contribution in [1.29, 1.82) is 0 Å². The van der Waals surface area contributed by atoms with E-state index in [0.29, 0.717) is 17.4 Å². The molecule has 7 heteroatoms. The van der Waals surface area contributed by atoms with Gasteiger partial charge in [0.15, 0.2) is 0 Å². The van der Waals surface area contributed by atoms with Gasteiger partial charge in [0.05, 0.1) is 5.69 Å². The maximum atomic E-state index is 12.1. The second-order valence-corrected chi connectivity index (χ2v) is 4.87. The van der Waals surface area contributed by atoms with E-state index in [1.54, 1.807) is 18.8 Å². The lowest BCUT2D eigenvalue weighted by Crippen LogP contribution is -2.17. The van der Waals surface area contributed by atoms with Gasteiger partial charge in [-0.25, -0.2) is 0 Å². The molecule has 1 saturated carbocycles. The van der Waals surface area contributed by atoms with Crippen molar-refractivity contribution in [2.75, 3.05) is 5.32 Å². The molecule has 2 N–H and O–H groups in total. The minimum Gasteiger partial charge on any atom is -0.305 e. The monoisotopic (exact) mass is 261 g/mol. The number of hydrogen-bond acceptors (Lipinski definition) is 3. The van der Waals surface area contributed by atoms with Crippen LogP contribution in [0.3, 0.4) is 0 Å². The summed E-state index contributed by atoms with van der Waals surface area (Å²) in [5, 5.41) is 9.64. The number of anilines is 1. The molecule has 0 radical (unpaired) electrons. The summed E-state index contributed by atoms with van der Waals surface area (Å²) in [5.74, 6) is 0.847. The molecule has 0 atom stereocenters. The van der Waals surface area contributed by atoms with Gasteiger partial charge in [0.25, 0.3) is 11.5 Å². The number of aryl methyl sites for hydroxylation is 2. The molecule has 1 aliphatic rings. The molecule has 0 aromatic carbocycles. The van der Waals surface area contributed by atoms with Gasteiger partial charge in [-0.1, -0.05) is 0 Å². The molecule has 1 aliphatic carbocycles. The lowest BCUT2D eigenvalue weighted by molar-refractivity contribution is 0.101. The molecule has 0 bridgehead atoms. The summed E-state index contributed by atoms with van der Waals surface area (Å²) in [6.45, 7) is 0. The van der Waals surface area contributed by atoms with E-state index in [-0.39, 0.29) is 11.5 Å². The van der Waals surface area contributed by atoms with Crippen molar-refractivity contribution >= 4 is 11.7 Å². The Labute approximate surface area is 109 Å². The van der Waals surface area contributed by atoms with E-state index in [9.17, 15) is 9.59 Å². The predicted octanol–water partition coefficient (Wildman–Crippen LogP) is 0.577. The number of carbonyl (C=O) groups excluding carboxylic acids is 1. The van der Waals surface area contributed by atoms with Crippen LogP contribution in [0.25, 0.3) is 0 Å². The summed E-state index contributed by atoms with van der Waals surface area (Å²) in [7, 11) is 3.41. The van der Waals surface area contributed by atoms with Gasteiger partial charge >= 0.3 is 0 Å². The molecule has 100 valence electrons. The third kappa shape index (κ3) is 2.18. The maximum Gasteiger partial charge on any atom is 0.275 e. The summed E-state index contributed by atoms with van der Waals surface area (Å²) in [4.78, 5) is 23.2. The molecule has 19 heavy (non-hydrogen) atoms. The van der Waals surface area contributed by atoms with E-state index in [4.69, 9.17) is 0 Å². The first kappa shape index (κ1) is 11.8. The van der Waals surface area contributed by atoms with Crippen molar-refractivity contribution in [2.45, 2.75) is 18.8 Å². The zero-order valence-corrected chi connectivity index (χ0v) is 10.8. The average molecular weight is 261 g/mol. The van der Waals surface area contributed by atoms with Crippen LogP contribution in [0.15, 0.2) is 16.9 Å². The number of H-pyrrole nitrogens is 1. The summed E-state index contributed by atoms with van der Waals surface area (Å²) in [6.07, 6.45) is 2.33. The number of nitrogens with zero attached hydrogens (tertiary/aromatic N) is 3. The van der Waals surface area contributed by atoms with Crippen LogP contribution >= 0.6 is 0 Å². The second kappa shape index (κ2) is 4.11. The van der Waals surface area contributed by atoms with Gasteiger partial charge in [-0.05, 0) is 12.8 Å². The average Bonchev–Trinajstić information content (AvgIpc) is 3.05. The lowest BCUT2D eigenvalue weighted by atomic mass is 10.3. The number of aromatic amines is 1. The normalized spacial score (nSPS) is 14.6. The van der Waals surface area contributed by atoms with Crippen LogP contribution in [-0.2, 0) is 14.1 Å². The molecule has 0 aliphatic heterocycles. The van der Waals surface area contributed by atoms with Crippen molar-refractivity contribution in [3.8, 4) is 0 Å². The quantitative estimate of drug-likeness (QED) is 0.847. The van der Waals surface area contributed by atoms with E-state index in [1.165, 1.54) is 10.7 Å². The first-order valence-corrected chi connectivity index (χ1v) is 6.16. The zero-order chi connectivity index (χ0) is 13.6. The van der Waals surface area contributed by atoms with Gasteiger partial charge in [-0.2, -0.15) is 5.10 Å². The summed E-state index contributed by atoms with van der Waals surface area (Å²) >= 11 is 0. The van der Waals surface area contributed by atoms with Crippen molar-refractivity contribution in [1.82, 2.24) is 19.6 Å². The fraction of sp³-hybridized carbons (Fsp3) is 0.417. The Balaban J connectivity index is 1.82. The van der Waals surface area contributed by atoms with Crippen LogP contribution in [0.4, 0.5) is 5.82 Å². The predicted molar refractivity (Wildman–Crippen MR) is 69.2 cm³/mol. The Morgan fingerprint density at radius 2 is 2.16 bits per heavy atom. The van der Waals surface area contributed by atoms with Crippen molar-refractivity contribution in [3.05, 3.63) is 33.9 Å². The first-order valence-electron chi connectivity index (χ1n) is 6.16. The lowest BCUT2D eigenvalue weighted by Gasteiger charge is -2.04. The van der Waals surface area contributed by atoms with Crippen LogP contribution in [0.1, 0.15) is 34.9 Å². The highest BCUT2D eigenvalue weighted by Gasteiger charge is 2.27. The van der Waals surface area contributed by atoms with Gasteiger partial charge in [0.2, 0.25) is 0 Å². The standard InChI is InChI=1S/C12H15N5O2/c1-16-9(6-11(18)15-16)12(19)13-10-5-8(7-3-4-7)14-17(10)2/h5-7H,3-4H2,1-2H3,(H,13,19)(H,15,18). The molecule has 0 spiro atoms. The molecule has 0 saturated heterocycles. The molecule has 7 nitrogen and oxygen atoms in total. The topological polar surface area (TPSA) is 84.7 Å². The number of nitrogens with one attached hydrogen (secondary N) is 2. The van der Waals surface area contributed by atoms with E-state index < -0.39 is 0 Å². The fourth-order valence-electron chi connectivity index (χ4n) is 2.06. The van der Waals surface area contributed by atoms with Crippen LogP contribution in [0.5, 0.6) is 0 Å². The summed E-state index contributed by atoms with van der Waals surface area (Å²) in [5.41, 5.74) is 1.01. The van der Waals surface area contributed by atoms with Gasteiger partial charge in [0, 0.05) is 32.1 Å². The first-order chi connectivity index (χ1) is 9.04. The zero-order valence-electron chi connectivity index (χ0n) is 10.8.